The van der Waals surface area contributed by atoms with Gasteiger partial charge in [-0.15, -0.1) is 0 Å². The number of sulfone groups is 1. The third kappa shape index (κ3) is 4.64. The summed E-state index contributed by atoms with van der Waals surface area (Å²) in [5.41, 5.74) is 1.26. The molecule has 0 aliphatic carbocycles. The smallest absolute Gasteiger partial charge is 0.341 e. The molecule has 0 unspecified atom stereocenters. The van der Waals surface area contributed by atoms with Gasteiger partial charge in [-0.25, -0.2) is 8.42 Å². The third-order valence-corrected chi connectivity index (χ3v) is 5.42. The van der Waals surface area contributed by atoms with Crippen LogP contribution in [0.25, 0.3) is 11.3 Å². The monoisotopic (exact) mass is 405 g/mol. The Bertz CT molecular complexity index is 1050. The lowest BCUT2D eigenvalue weighted by molar-refractivity contribution is -0.116. The van der Waals surface area contributed by atoms with E-state index in [0.29, 0.717) is 23.6 Å². The molecule has 3 aromatic rings. The van der Waals surface area contributed by atoms with E-state index in [2.05, 4.69) is 5.32 Å². The molecule has 1 N–H and O–H groups in total. The zero-order valence-electron chi connectivity index (χ0n) is 14.6. The molecule has 1 aromatic heterocycles. The Morgan fingerprint density at radius 1 is 0.964 bits per heavy atom. The second-order valence-electron chi connectivity index (χ2n) is 6.01. The van der Waals surface area contributed by atoms with Crippen LogP contribution in [0.15, 0.2) is 76.0 Å². The summed E-state index contributed by atoms with van der Waals surface area (Å²) in [4.78, 5) is 11.6. The second-order valence-corrected chi connectivity index (χ2v) is 7.93. The van der Waals surface area contributed by atoms with Crippen LogP contribution in [0.3, 0.4) is 0 Å². The van der Waals surface area contributed by atoms with Gasteiger partial charge in [-0.1, -0.05) is 30.3 Å². The molecule has 0 saturated carbocycles. The molecule has 0 saturated heterocycles. The van der Waals surface area contributed by atoms with Gasteiger partial charge in [0, 0.05) is 24.1 Å². The highest BCUT2D eigenvalue weighted by molar-refractivity contribution is 7.91. The predicted molar refractivity (Wildman–Crippen MR) is 101 cm³/mol. The molecule has 0 aliphatic heterocycles. The van der Waals surface area contributed by atoms with Crippen molar-refractivity contribution in [2.75, 3.05) is 5.32 Å². The number of carbonyl (C=O) groups is 1. The van der Waals surface area contributed by atoms with Crippen LogP contribution in [-0.4, -0.2) is 20.1 Å². The molecule has 8 heteroatoms. The van der Waals surface area contributed by atoms with Gasteiger partial charge >= 0.3 is 5.76 Å². The quantitative estimate of drug-likeness (QED) is 0.627. The number of halogens is 2. The molecule has 1 amide bonds. The summed E-state index contributed by atoms with van der Waals surface area (Å²) >= 11 is 0. The third-order valence-electron chi connectivity index (χ3n) is 4.02. The fourth-order valence-electron chi connectivity index (χ4n) is 2.56. The van der Waals surface area contributed by atoms with Gasteiger partial charge in [-0.05, 0) is 36.4 Å². The number of amides is 1. The molecule has 2 aromatic carbocycles. The van der Waals surface area contributed by atoms with Crippen molar-refractivity contribution in [1.29, 1.82) is 0 Å². The zero-order chi connectivity index (χ0) is 20.1. The van der Waals surface area contributed by atoms with E-state index in [-0.39, 0.29) is 12.3 Å². The number of alkyl halides is 2. The lowest BCUT2D eigenvalue weighted by Gasteiger charge is -2.07. The minimum absolute atomic E-state index is 0.152. The Hall–Kier alpha value is -3.00. The van der Waals surface area contributed by atoms with Gasteiger partial charge in [0.15, 0.2) is 0 Å². The van der Waals surface area contributed by atoms with Crippen LogP contribution in [-0.2, 0) is 21.1 Å². The van der Waals surface area contributed by atoms with Crippen LogP contribution < -0.4 is 5.32 Å². The van der Waals surface area contributed by atoms with Gasteiger partial charge in [-0.3, -0.25) is 4.79 Å². The van der Waals surface area contributed by atoms with Crippen LogP contribution in [0.5, 0.6) is 0 Å². The van der Waals surface area contributed by atoms with Crippen LogP contribution in [0.4, 0.5) is 14.5 Å². The average molecular weight is 405 g/mol. The number of benzene rings is 2. The van der Waals surface area contributed by atoms with E-state index in [0.717, 1.165) is 17.7 Å². The highest BCUT2D eigenvalue weighted by Crippen LogP contribution is 2.23. The van der Waals surface area contributed by atoms with Crippen molar-refractivity contribution >= 4 is 21.4 Å². The molecular weight excluding hydrogens is 388 g/mol. The number of furan rings is 1. The number of hydrogen-bond acceptors (Lipinski definition) is 4. The van der Waals surface area contributed by atoms with Gasteiger partial charge < -0.3 is 9.73 Å². The van der Waals surface area contributed by atoms with Gasteiger partial charge in [-0.2, -0.15) is 8.78 Å². The number of rotatable bonds is 7. The molecule has 0 bridgehead atoms. The van der Waals surface area contributed by atoms with E-state index in [4.69, 9.17) is 4.42 Å². The number of aryl methyl sites for hydroxylation is 1. The van der Waals surface area contributed by atoms with E-state index in [1.165, 1.54) is 12.1 Å². The molecule has 146 valence electrons. The van der Waals surface area contributed by atoms with Gasteiger partial charge in [0.1, 0.15) is 11.5 Å². The highest BCUT2D eigenvalue weighted by atomic mass is 32.2. The maximum atomic E-state index is 12.5. The van der Waals surface area contributed by atoms with E-state index in [1.807, 2.05) is 36.4 Å². The first kappa shape index (κ1) is 19.8. The van der Waals surface area contributed by atoms with Gasteiger partial charge in [0.25, 0.3) is 0 Å². The number of nitrogens with one attached hydrogen (secondary N) is 1. The Kier molecular flexibility index (Phi) is 5.89. The Labute approximate surface area is 160 Å². The first-order valence-electron chi connectivity index (χ1n) is 8.42. The summed E-state index contributed by atoms with van der Waals surface area (Å²) in [5.74, 6) is -2.41. The molecule has 1 heterocycles. The normalized spacial score (nSPS) is 11.5. The number of hydrogen-bond donors (Lipinski definition) is 1. The highest BCUT2D eigenvalue weighted by Gasteiger charge is 2.26. The van der Waals surface area contributed by atoms with Gasteiger partial charge in [0.05, 0.1) is 4.90 Å². The van der Waals surface area contributed by atoms with E-state index >= 15 is 0 Å². The summed E-state index contributed by atoms with van der Waals surface area (Å²) in [5, 5.41) is 2.60. The predicted octanol–water partition coefficient (Wildman–Crippen LogP) is 4.51. The van der Waals surface area contributed by atoms with Crippen molar-refractivity contribution in [2.24, 2.45) is 0 Å². The minimum Gasteiger partial charge on any atom is -0.461 e. The van der Waals surface area contributed by atoms with Crippen LogP contribution in [0.2, 0.25) is 0 Å². The van der Waals surface area contributed by atoms with E-state index in [9.17, 15) is 22.0 Å². The Balaban J connectivity index is 1.56. The summed E-state index contributed by atoms with van der Waals surface area (Å²) in [6.45, 7) is 0. The van der Waals surface area contributed by atoms with Crippen molar-refractivity contribution in [1.82, 2.24) is 0 Å². The molecule has 5 nitrogen and oxygen atoms in total. The van der Waals surface area contributed by atoms with Crippen molar-refractivity contribution in [2.45, 2.75) is 23.5 Å². The second kappa shape index (κ2) is 8.35. The van der Waals surface area contributed by atoms with Crippen molar-refractivity contribution < 1.29 is 26.4 Å². The molecule has 0 aliphatic rings. The van der Waals surface area contributed by atoms with Crippen LogP contribution in [0.1, 0.15) is 12.2 Å². The Morgan fingerprint density at radius 3 is 2.29 bits per heavy atom. The summed E-state index contributed by atoms with van der Waals surface area (Å²) < 4.78 is 53.5. The van der Waals surface area contributed by atoms with Crippen LogP contribution in [0, 0.1) is 0 Å². The largest absolute Gasteiger partial charge is 0.461 e. The lowest BCUT2D eigenvalue weighted by atomic mass is 10.2. The fraction of sp³-hybridized carbons (Fsp3) is 0.150. The summed E-state index contributed by atoms with van der Waals surface area (Å²) in [6, 6.07) is 17.8. The summed E-state index contributed by atoms with van der Waals surface area (Å²) in [7, 11) is -4.65. The van der Waals surface area contributed by atoms with Crippen molar-refractivity contribution in [3.8, 4) is 11.3 Å². The maximum Gasteiger partial charge on any atom is 0.341 e. The van der Waals surface area contributed by atoms with Crippen molar-refractivity contribution in [3.05, 3.63) is 72.5 Å². The first-order valence-corrected chi connectivity index (χ1v) is 9.97. The van der Waals surface area contributed by atoms with Gasteiger partial charge in [0.2, 0.25) is 15.7 Å². The fourth-order valence-corrected chi connectivity index (χ4v) is 3.28. The van der Waals surface area contributed by atoms with E-state index in [1.54, 1.807) is 6.07 Å². The molecule has 3 rings (SSSR count). The lowest BCUT2D eigenvalue weighted by Crippen LogP contribution is -2.13. The first-order chi connectivity index (χ1) is 13.4. The molecule has 0 fully saturated rings. The molecule has 0 radical (unpaired) electrons. The standard InChI is InChI=1S/C20H17F2NO4S/c21-20(22)28(25,26)17-10-6-15(7-11-17)23-19(24)13-9-16-8-12-18(27-16)14-4-2-1-3-5-14/h1-8,10-12,20H,9,13H2,(H,23,24). The molecular formula is C20H17F2NO4S. The average Bonchev–Trinajstić information content (AvgIpc) is 3.16. The van der Waals surface area contributed by atoms with E-state index < -0.39 is 20.5 Å². The number of anilines is 1. The minimum atomic E-state index is -4.65. The molecule has 28 heavy (non-hydrogen) atoms. The van der Waals surface area contributed by atoms with Crippen molar-refractivity contribution in [3.63, 3.8) is 0 Å². The number of carbonyl (C=O) groups excluding carboxylic acids is 1. The summed E-state index contributed by atoms with van der Waals surface area (Å²) in [6.07, 6.45) is 0.537. The SMILES string of the molecule is O=C(CCc1ccc(-c2ccccc2)o1)Nc1ccc(S(=O)(=O)C(F)F)cc1. The zero-order valence-corrected chi connectivity index (χ0v) is 15.5. The molecule has 0 atom stereocenters. The Morgan fingerprint density at radius 2 is 1.64 bits per heavy atom. The topological polar surface area (TPSA) is 76.4 Å². The maximum absolute atomic E-state index is 12.5. The van der Waals surface area contributed by atoms with Crippen LogP contribution >= 0.6 is 0 Å². The molecule has 0 spiro atoms.